The fraction of sp³-hybridized carbons (Fsp3) is 0. The molecule has 0 saturated heterocycles. The van der Waals surface area contributed by atoms with Crippen LogP contribution in [0, 0.1) is 0 Å². The van der Waals surface area contributed by atoms with Crippen molar-refractivity contribution in [2.24, 2.45) is 0 Å². The molecule has 0 atom stereocenters. The van der Waals surface area contributed by atoms with Gasteiger partial charge in [-0.3, -0.25) is 0 Å². The number of hydrogen-bond donors (Lipinski definition) is 0. The molecule has 7 nitrogen and oxygen atoms in total. The minimum Gasteiger partial charge on any atom is -0.652 e. The van der Waals surface area contributed by atoms with E-state index in [0.29, 0.717) is 0 Å². The summed E-state index contributed by atoms with van der Waals surface area (Å²) in [5, 5.41) is 16.7. The molecule has 0 aromatic heterocycles. The first-order valence-electron chi connectivity index (χ1n) is 0.612. The van der Waals surface area contributed by atoms with Gasteiger partial charge < -0.3 is 15.0 Å². The van der Waals surface area contributed by atoms with Crippen LogP contribution in [0.5, 0.6) is 0 Å². The van der Waals surface area contributed by atoms with Crippen LogP contribution in [-0.4, -0.2) is 6.16 Å². The van der Waals surface area contributed by atoms with E-state index >= 15 is 0 Å². The van der Waals surface area contributed by atoms with Gasteiger partial charge in [0, 0.05) is 24.6 Å². The van der Waals surface area contributed by atoms with Gasteiger partial charge in [0.25, 0.3) is 0 Å². The van der Waals surface area contributed by atoms with Crippen LogP contribution < -0.4 is 34.8 Å². The molecule has 0 amide bonds. The second-order valence-electron chi connectivity index (χ2n) is 0.250. The van der Waals surface area contributed by atoms with E-state index in [4.69, 9.17) is 15.0 Å². The molecule has 0 aromatic carbocycles. The Labute approximate surface area is 65.9 Å². The minimum atomic E-state index is -2.33. The van der Waals surface area contributed by atoms with Gasteiger partial charge in [-0.1, -0.05) is 0 Å². The summed E-state index contributed by atoms with van der Waals surface area (Å²) < 4.78 is 0. The van der Waals surface area contributed by atoms with Crippen molar-refractivity contribution >= 4 is 6.16 Å². The molecule has 12 radical (unpaired) electrons. The maximum absolute atomic E-state index is 8.33. The quantitative estimate of drug-likeness (QED) is 0.342. The summed E-state index contributed by atoms with van der Waals surface area (Å²) in [6, 6.07) is 0. The number of carbonyl (C=O) groups is 1. The number of rotatable bonds is 0. The van der Waals surface area contributed by atoms with Crippen LogP contribution in [-0.2, 0) is 19.5 Å². The molecule has 0 aliphatic carbocycles. The average molecular weight is 181 g/mol. The van der Waals surface area contributed by atoms with E-state index in [0.717, 1.165) is 0 Å². The summed E-state index contributed by atoms with van der Waals surface area (Å²) in [5.41, 5.74) is 0. The van der Waals surface area contributed by atoms with Crippen LogP contribution in [0.4, 0.5) is 4.79 Å². The van der Waals surface area contributed by atoms with E-state index in [2.05, 4.69) is 0 Å². The van der Waals surface area contributed by atoms with Gasteiger partial charge in [0.1, 0.15) is 0 Å². The molecule has 0 aliphatic heterocycles. The summed E-state index contributed by atoms with van der Waals surface area (Å²) in [4.78, 5) is 8.33. The Hall–Kier alpha value is -0.267. The summed E-state index contributed by atoms with van der Waals surface area (Å²) in [5.74, 6) is 0. The molecular weight excluding hydrogens is 181 g/mol. The van der Waals surface area contributed by atoms with Crippen LogP contribution in [0.15, 0.2) is 0 Å². The van der Waals surface area contributed by atoms with E-state index in [1.807, 2.05) is 0 Å². The van der Waals surface area contributed by atoms with Gasteiger partial charge in [-0.2, -0.15) is 0 Å². The normalized spacial score (nSPS) is 2.67. The van der Waals surface area contributed by atoms with E-state index < -0.39 is 6.16 Å². The van der Waals surface area contributed by atoms with Gasteiger partial charge in [-0.15, -0.1) is 0 Å². The Morgan fingerprint density at radius 1 is 0.889 bits per heavy atom. The van der Waals surface area contributed by atoms with Crippen molar-refractivity contribution in [2.75, 3.05) is 0 Å². The molecular formula is CN4O3Zn. The smallest absolute Gasteiger partial charge is 0.652 e. The molecule has 0 unspecified atom stereocenters. The molecule has 0 saturated carbocycles. The summed E-state index contributed by atoms with van der Waals surface area (Å²) in [6.45, 7) is 0. The maximum Gasteiger partial charge on any atom is 2.00 e. The van der Waals surface area contributed by atoms with Crippen molar-refractivity contribution in [3.8, 4) is 0 Å². The fourth-order valence-electron chi connectivity index (χ4n) is 0. The Morgan fingerprint density at radius 2 is 0.889 bits per heavy atom. The third-order valence-corrected chi connectivity index (χ3v) is 0. The third-order valence-electron chi connectivity index (χ3n) is 0. The zero-order valence-corrected chi connectivity index (χ0v) is 7.19. The van der Waals surface area contributed by atoms with Crippen molar-refractivity contribution < 1.29 is 34.5 Å². The van der Waals surface area contributed by atoms with Crippen LogP contribution in [0.25, 0.3) is 0 Å². The molecule has 0 bridgehead atoms. The van der Waals surface area contributed by atoms with Crippen LogP contribution in [0.2, 0.25) is 0 Å². The Kier molecular flexibility index (Phi) is 365. The second-order valence-corrected chi connectivity index (χ2v) is 0.250. The fourth-order valence-corrected chi connectivity index (χ4v) is 0. The number of carboxylic acid groups (broad SMARTS) is 2. The van der Waals surface area contributed by atoms with Gasteiger partial charge in [0.15, 0.2) is 0 Å². The third kappa shape index (κ3) is 3580. The minimum absolute atomic E-state index is 0. The first kappa shape index (κ1) is 69.9. The van der Waals surface area contributed by atoms with E-state index in [1.165, 1.54) is 0 Å². The molecule has 0 rings (SSSR count). The van der Waals surface area contributed by atoms with Crippen LogP contribution >= 0.6 is 0 Å². The van der Waals surface area contributed by atoms with Gasteiger partial charge in [-0.25, -0.2) is 0 Å². The zero-order chi connectivity index (χ0) is 3.58. The standard InChI is InChI=1S/CH2O3.4N.Zn/c2-1(3)4;;;;;/h(H2,2,3,4);;;;;/q;;;;;+2/p-2. The SMILES string of the molecule is O=C([O-])[O-].[N].[N].[N].[N].[Zn+2]. The second kappa shape index (κ2) is 46.9. The van der Waals surface area contributed by atoms with Crippen molar-refractivity contribution in [3.05, 3.63) is 0 Å². The van der Waals surface area contributed by atoms with E-state index in [9.17, 15) is 0 Å². The number of carbonyl (C=O) groups excluding carboxylic acids is 1. The molecule has 0 N–H and O–H groups in total. The summed E-state index contributed by atoms with van der Waals surface area (Å²) >= 11 is 0. The topological polar surface area (TPSA) is 185 Å². The molecule has 8 heteroatoms. The van der Waals surface area contributed by atoms with Crippen molar-refractivity contribution in [2.45, 2.75) is 0 Å². The van der Waals surface area contributed by atoms with E-state index in [-0.39, 0.29) is 44.1 Å². The van der Waals surface area contributed by atoms with Crippen LogP contribution in [0.1, 0.15) is 0 Å². The Morgan fingerprint density at radius 3 is 0.889 bits per heavy atom. The monoisotopic (exact) mass is 180 g/mol. The van der Waals surface area contributed by atoms with Crippen molar-refractivity contribution in [1.29, 1.82) is 0 Å². The van der Waals surface area contributed by atoms with Gasteiger partial charge in [-0.05, 0) is 6.16 Å². The van der Waals surface area contributed by atoms with Gasteiger partial charge in [0.2, 0.25) is 0 Å². The molecule has 0 aliphatic rings. The molecule has 0 fully saturated rings. The van der Waals surface area contributed by atoms with Crippen LogP contribution in [0.3, 0.4) is 0 Å². The van der Waals surface area contributed by atoms with Crippen molar-refractivity contribution in [1.82, 2.24) is 24.6 Å². The maximum atomic E-state index is 8.33. The predicted octanol–water partition coefficient (Wildman–Crippen LogP) is -4.37. The zero-order valence-electron chi connectivity index (χ0n) is 4.22. The van der Waals surface area contributed by atoms with Crippen molar-refractivity contribution in [3.63, 3.8) is 0 Å². The molecule has 44 valence electrons. The molecule has 0 heterocycles. The number of nitrogens with zero attached hydrogens (tertiary/aromatic N) is 4. The Bertz CT molecular complexity index is 38.8. The Balaban J connectivity index is -0.00000000450. The predicted molar refractivity (Wildman–Crippen MR) is 13.9 cm³/mol. The molecule has 0 aromatic rings. The summed E-state index contributed by atoms with van der Waals surface area (Å²) in [6.07, 6.45) is -2.33. The first-order valence-corrected chi connectivity index (χ1v) is 0.612. The van der Waals surface area contributed by atoms with Gasteiger partial charge >= 0.3 is 19.5 Å². The number of hydrogen-bond acceptors (Lipinski definition) is 3. The first-order chi connectivity index (χ1) is 1.73. The van der Waals surface area contributed by atoms with E-state index in [1.54, 1.807) is 0 Å². The largest absolute Gasteiger partial charge is 2.00 e. The summed E-state index contributed by atoms with van der Waals surface area (Å²) in [7, 11) is 0. The van der Waals surface area contributed by atoms with Gasteiger partial charge in [0.05, 0.1) is 0 Å². The molecule has 9 heavy (non-hydrogen) atoms. The molecule has 0 spiro atoms. The average Bonchev–Trinajstić information content (AvgIpc) is 0.811.